The largest absolute Gasteiger partial charge is 0.377 e. The summed E-state index contributed by atoms with van der Waals surface area (Å²) in [7, 11) is -3.37. The molecule has 0 spiro atoms. The molecule has 2 saturated heterocycles. The highest BCUT2D eigenvalue weighted by molar-refractivity contribution is 7.86. The SMILES string of the molecule is O=S(=O)(N1CCCC1)N1CCCC1O. The molecule has 0 aliphatic carbocycles. The Hall–Kier alpha value is -0.170. The molecule has 0 aromatic heterocycles. The third kappa shape index (κ3) is 1.67. The van der Waals surface area contributed by atoms with Gasteiger partial charge in [-0.3, -0.25) is 0 Å². The molecule has 0 aromatic carbocycles. The van der Waals surface area contributed by atoms with Gasteiger partial charge in [-0.1, -0.05) is 0 Å². The minimum atomic E-state index is -3.37. The molecule has 1 N–H and O–H groups in total. The minimum absolute atomic E-state index is 0.458. The molecule has 14 heavy (non-hydrogen) atoms. The van der Waals surface area contributed by atoms with Crippen molar-refractivity contribution in [1.29, 1.82) is 0 Å². The number of rotatable bonds is 2. The van der Waals surface area contributed by atoms with Crippen LogP contribution in [0, 0.1) is 0 Å². The summed E-state index contributed by atoms with van der Waals surface area (Å²) in [5, 5.41) is 9.50. The Morgan fingerprint density at radius 1 is 1.07 bits per heavy atom. The number of aliphatic hydroxyl groups is 1. The van der Waals surface area contributed by atoms with Gasteiger partial charge in [-0.15, -0.1) is 0 Å². The van der Waals surface area contributed by atoms with Crippen LogP contribution in [0.5, 0.6) is 0 Å². The van der Waals surface area contributed by atoms with Crippen LogP contribution >= 0.6 is 0 Å². The lowest BCUT2D eigenvalue weighted by molar-refractivity contribution is 0.0905. The molecule has 0 bridgehead atoms. The zero-order chi connectivity index (χ0) is 10.2. The van der Waals surface area contributed by atoms with Crippen LogP contribution in [0.1, 0.15) is 25.7 Å². The zero-order valence-corrected chi connectivity index (χ0v) is 8.91. The second-order valence-corrected chi connectivity index (χ2v) is 5.73. The Bertz CT molecular complexity index is 298. The molecule has 0 saturated carbocycles. The number of hydrogen-bond acceptors (Lipinski definition) is 3. The summed E-state index contributed by atoms with van der Waals surface area (Å²) in [6.07, 6.45) is 2.38. The van der Waals surface area contributed by atoms with Gasteiger partial charge >= 0.3 is 0 Å². The van der Waals surface area contributed by atoms with Crippen molar-refractivity contribution in [2.24, 2.45) is 0 Å². The molecule has 1 atom stereocenters. The van der Waals surface area contributed by atoms with Crippen LogP contribution < -0.4 is 0 Å². The molecule has 2 rings (SSSR count). The maximum atomic E-state index is 11.9. The first kappa shape index (κ1) is 10.4. The van der Waals surface area contributed by atoms with Gasteiger partial charge in [-0.05, 0) is 25.7 Å². The summed E-state index contributed by atoms with van der Waals surface area (Å²) in [6, 6.07) is 0. The van der Waals surface area contributed by atoms with E-state index in [-0.39, 0.29) is 0 Å². The Kier molecular flexibility index (Phi) is 2.79. The molecule has 5 nitrogen and oxygen atoms in total. The summed E-state index contributed by atoms with van der Waals surface area (Å²) >= 11 is 0. The summed E-state index contributed by atoms with van der Waals surface area (Å²) in [6.45, 7) is 1.66. The van der Waals surface area contributed by atoms with Gasteiger partial charge < -0.3 is 5.11 Å². The highest BCUT2D eigenvalue weighted by atomic mass is 32.2. The van der Waals surface area contributed by atoms with Gasteiger partial charge in [0.15, 0.2) is 0 Å². The normalized spacial score (nSPS) is 31.4. The Balaban J connectivity index is 2.14. The second-order valence-electron chi connectivity index (χ2n) is 3.85. The van der Waals surface area contributed by atoms with Gasteiger partial charge in [-0.25, -0.2) is 0 Å². The minimum Gasteiger partial charge on any atom is -0.377 e. The van der Waals surface area contributed by atoms with E-state index in [1.807, 2.05) is 0 Å². The maximum absolute atomic E-state index is 11.9. The van der Waals surface area contributed by atoms with Crippen molar-refractivity contribution in [2.75, 3.05) is 19.6 Å². The van der Waals surface area contributed by atoms with Crippen molar-refractivity contribution < 1.29 is 13.5 Å². The molecule has 0 aromatic rings. The van der Waals surface area contributed by atoms with E-state index < -0.39 is 16.4 Å². The van der Waals surface area contributed by atoms with Crippen LogP contribution in [-0.2, 0) is 10.2 Å². The molecule has 2 heterocycles. The quantitative estimate of drug-likeness (QED) is 0.697. The van der Waals surface area contributed by atoms with E-state index in [9.17, 15) is 13.5 Å². The van der Waals surface area contributed by atoms with Gasteiger partial charge in [0.05, 0.1) is 0 Å². The van der Waals surface area contributed by atoms with Crippen molar-refractivity contribution >= 4 is 10.2 Å². The first-order valence-corrected chi connectivity index (χ1v) is 6.47. The van der Waals surface area contributed by atoms with Crippen LogP contribution in [0.25, 0.3) is 0 Å². The molecule has 2 aliphatic rings. The Labute approximate surface area is 84.5 Å². The summed E-state index contributed by atoms with van der Waals surface area (Å²) in [5.74, 6) is 0. The number of aliphatic hydroxyl groups excluding tert-OH is 1. The van der Waals surface area contributed by atoms with Crippen molar-refractivity contribution in [3.05, 3.63) is 0 Å². The summed E-state index contributed by atoms with van der Waals surface area (Å²) in [4.78, 5) is 0. The first-order chi connectivity index (χ1) is 6.62. The highest BCUT2D eigenvalue weighted by Crippen LogP contribution is 2.23. The van der Waals surface area contributed by atoms with Crippen LogP contribution in [0.4, 0.5) is 0 Å². The van der Waals surface area contributed by atoms with E-state index in [0.29, 0.717) is 26.1 Å². The smallest absolute Gasteiger partial charge is 0.284 e. The third-order valence-corrected chi connectivity index (χ3v) is 4.90. The number of nitrogens with zero attached hydrogens (tertiary/aromatic N) is 2. The van der Waals surface area contributed by atoms with Crippen LogP contribution in [0.2, 0.25) is 0 Å². The lowest BCUT2D eigenvalue weighted by Gasteiger charge is -2.25. The van der Waals surface area contributed by atoms with E-state index in [1.54, 1.807) is 0 Å². The van der Waals surface area contributed by atoms with Gasteiger partial charge in [0.2, 0.25) is 0 Å². The fraction of sp³-hybridized carbons (Fsp3) is 1.00. The zero-order valence-electron chi connectivity index (χ0n) is 8.09. The van der Waals surface area contributed by atoms with Crippen LogP contribution in [0.15, 0.2) is 0 Å². The topological polar surface area (TPSA) is 60.9 Å². The second kappa shape index (κ2) is 3.77. The van der Waals surface area contributed by atoms with E-state index in [4.69, 9.17) is 0 Å². The maximum Gasteiger partial charge on any atom is 0.284 e. The predicted octanol–water partition coefficient (Wildman–Crippen LogP) is -0.259. The van der Waals surface area contributed by atoms with Gasteiger partial charge in [-0.2, -0.15) is 17.0 Å². The average molecular weight is 220 g/mol. The van der Waals surface area contributed by atoms with E-state index in [2.05, 4.69) is 0 Å². The van der Waals surface area contributed by atoms with Gasteiger partial charge in [0.25, 0.3) is 10.2 Å². The summed E-state index contributed by atoms with van der Waals surface area (Å²) in [5.41, 5.74) is 0. The molecule has 0 radical (unpaired) electrons. The fourth-order valence-corrected chi connectivity index (χ4v) is 3.85. The van der Waals surface area contributed by atoms with Crippen molar-refractivity contribution in [3.63, 3.8) is 0 Å². The molecule has 1 unspecified atom stereocenters. The van der Waals surface area contributed by atoms with Crippen LogP contribution in [0.3, 0.4) is 0 Å². The third-order valence-electron chi connectivity index (χ3n) is 2.86. The fourth-order valence-electron chi connectivity index (χ4n) is 2.06. The average Bonchev–Trinajstić information content (AvgIpc) is 2.72. The number of hydrogen-bond donors (Lipinski definition) is 1. The molecule has 0 amide bonds. The van der Waals surface area contributed by atoms with E-state index in [0.717, 1.165) is 19.3 Å². The molecular formula is C8H16N2O3S. The van der Waals surface area contributed by atoms with Gasteiger partial charge in [0, 0.05) is 19.6 Å². The lowest BCUT2D eigenvalue weighted by Crippen LogP contribution is -2.44. The van der Waals surface area contributed by atoms with Crippen molar-refractivity contribution in [2.45, 2.75) is 31.9 Å². The molecule has 82 valence electrons. The lowest BCUT2D eigenvalue weighted by atomic mass is 10.4. The molecular weight excluding hydrogens is 204 g/mol. The van der Waals surface area contributed by atoms with E-state index >= 15 is 0 Å². The van der Waals surface area contributed by atoms with Gasteiger partial charge in [0.1, 0.15) is 6.23 Å². The monoisotopic (exact) mass is 220 g/mol. The van der Waals surface area contributed by atoms with Crippen LogP contribution in [-0.4, -0.2) is 48.0 Å². The van der Waals surface area contributed by atoms with Crippen molar-refractivity contribution in [1.82, 2.24) is 8.61 Å². The molecule has 2 aliphatic heterocycles. The predicted molar refractivity (Wildman–Crippen MR) is 51.7 cm³/mol. The summed E-state index contributed by atoms with van der Waals surface area (Å²) < 4.78 is 26.6. The molecule has 6 heteroatoms. The van der Waals surface area contributed by atoms with E-state index in [1.165, 1.54) is 8.61 Å². The van der Waals surface area contributed by atoms with Crippen molar-refractivity contribution in [3.8, 4) is 0 Å². The Morgan fingerprint density at radius 2 is 1.71 bits per heavy atom. The standard InChI is InChI=1S/C8H16N2O3S/c11-8-4-3-7-10(8)14(12,13)9-5-1-2-6-9/h8,11H,1-7H2. The molecule has 2 fully saturated rings. The highest BCUT2D eigenvalue weighted by Gasteiger charge is 2.37. The Morgan fingerprint density at radius 3 is 2.21 bits per heavy atom. The first-order valence-electron chi connectivity index (χ1n) is 5.07.